The Hall–Kier alpha value is -2.90. The first-order valence-electron chi connectivity index (χ1n) is 10.1. The molecule has 0 aromatic heterocycles. The molecular weight excluding hydrogens is 387 g/mol. The lowest BCUT2D eigenvalue weighted by atomic mass is 9.86. The van der Waals surface area contributed by atoms with Crippen molar-refractivity contribution in [3.63, 3.8) is 0 Å². The number of halogens is 1. The van der Waals surface area contributed by atoms with Crippen molar-refractivity contribution in [2.45, 2.75) is 6.04 Å². The molecule has 2 fully saturated rings. The summed E-state index contributed by atoms with van der Waals surface area (Å²) in [6.07, 6.45) is 0. The molecule has 0 saturated carbocycles. The second-order valence-electron chi connectivity index (χ2n) is 7.52. The van der Waals surface area contributed by atoms with Crippen LogP contribution in [0, 0.1) is 11.7 Å². The molecule has 4 rings (SSSR count). The van der Waals surface area contributed by atoms with Gasteiger partial charge in [-0.15, -0.1) is 0 Å². The van der Waals surface area contributed by atoms with Crippen LogP contribution < -0.4 is 0 Å². The van der Waals surface area contributed by atoms with E-state index in [1.54, 1.807) is 36.4 Å². The molecule has 6 nitrogen and oxygen atoms in total. The fourth-order valence-corrected chi connectivity index (χ4v) is 4.15. The molecule has 2 aliphatic heterocycles. The predicted octanol–water partition coefficient (Wildman–Crippen LogP) is 2.11. The molecule has 30 heavy (non-hydrogen) atoms. The normalized spacial score (nSPS) is 22.5. The first-order chi connectivity index (χ1) is 14.6. The molecule has 2 aliphatic rings. The number of likely N-dealkylation sites (tertiary alicyclic amines) is 1. The highest BCUT2D eigenvalue weighted by molar-refractivity contribution is 6.44. The maximum absolute atomic E-state index is 14.0. The third kappa shape index (κ3) is 4.04. The fraction of sp³-hybridized carbons (Fsp3) is 0.348. The number of benzene rings is 2. The Morgan fingerprint density at radius 2 is 1.73 bits per heavy atom. The van der Waals surface area contributed by atoms with Gasteiger partial charge >= 0.3 is 0 Å². The third-order valence-electron chi connectivity index (χ3n) is 5.70. The van der Waals surface area contributed by atoms with Crippen molar-refractivity contribution in [2.24, 2.45) is 5.92 Å². The van der Waals surface area contributed by atoms with Crippen LogP contribution in [0.4, 0.5) is 4.39 Å². The monoisotopic (exact) mass is 410 g/mol. The maximum Gasteiger partial charge on any atom is 0.291 e. The van der Waals surface area contributed by atoms with Crippen LogP contribution >= 0.6 is 0 Å². The number of ether oxygens (including phenoxy) is 1. The number of hydrogen-bond acceptors (Lipinski definition) is 5. The van der Waals surface area contributed by atoms with Crippen molar-refractivity contribution in [3.8, 4) is 0 Å². The predicted molar refractivity (Wildman–Crippen MR) is 107 cm³/mol. The summed E-state index contributed by atoms with van der Waals surface area (Å²) >= 11 is 0. The minimum absolute atomic E-state index is 0.282. The van der Waals surface area contributed by atoms with E-state index < -0.39 is 35.3 Å². The summed E-state index contributed by atoms with van der Waals surface area (Å²) in [7, 11) is 0. The van der Waals surface area contributed by atoms with Gasteiger partial charge in [-0.3, -0.25) is 19.3 Å². The van der Waals surface area contributed by atoms with Gasteiger partial charge in [0.25, 0.3) is 5.91 Å². The van der Waals surface area contributed by atoms with Crippen molar-refractivity contribution >= 4 is 17.5 Å². The highest BCUT2D eigenvalue weighted by Gasteiger charge is 2.51. The molecule has 2 atom stereocenters. The lowest BCUT2D eigenvalue weighted by molar-refractivity contribution is -0.141. The summed E-state index contributed by atoms with van der Waals surface area (Å²) in [5.74, 6) is -3.51. The van der Waals surface area contributed by atoms with Gasteiger partial charge < -0.3 is 9.64 Å². The molecule has 2 unspecified atom stereocenters. The smallest absolute Gasteiger partial charge is 0.291 e. The summed E-state index contributed by atoms with van der Waals surface area (Å²) in [6, 6.07) is 13.4. The van der Waals surface area contributed by atoms with Crippen LogP contribution in [0.2, 0.25) is 0 Å². The Kier molecular flexibility index (Phi) is 6.01. The van der Waals surface area contributed by atoms with E-state index in [1.165, 1.54) is 23.1 Å². The Labute approximate surface area is 174 Å². The van der Waals surface area contributed by atoms with E-state index >= 15 is 0 Å². The topological polar surface area (TPSA) is 66.9 Å². The molecule has 2 aromatic rings. The summed E-state index contributed by atoms with van der Waals surface area (Å²) in [5, 5.41) is 0. The van der Waals surface area contributed by atoms with Crippen LogP contribution in [0.3, 0.4) is 0 Å². The van der Waals surface area contributed by atoms with E-state index in [2.05, 4.69) is 4.90 Å². The number of amides is 1. The quantitative estimate of drug-likeness (QED) is 0.415. The van der Waals surface area contributed by atoms with E-state index in [-0.39, 0.29) is 6.54 Å². The lowest BCUT2D eigenvalue weighted by Gasteiger charge is -2.31. The summed E-state index contributed by atoms with van der Waals surface area (Å²) < 4.78 is 19.3. The molecule has 1 amide bonds. The number of morpholine rings is 1. The number of nitrogens with zero attached hydrogens (tertiary/aromatic N) is 2. The van der Waals surface area contributed by atoms with E-state index in [4.69, 9.17) is 4.74 Å². The average molecular weight is 410 g/mol. The van der Waals surface area contributed by atoms with Gasteiger partial charge in [0.2, 0.25) is 5.78 Å². The number of carbonyl (C=O) groups is 3. The van der Waals surface area contributed by atoms with Crippen molar-refractivity contribution in [1.29, 1.82) is 0 Å². The van der Waals surface area contributed by atoms with Crippen LogP contribution in [-0.2, 0) is 14.3 Å². The second-order valence-corrected chi connectivity index (χ2v) is 7.52. The highest BCUT2D eigenvalue weighted by Crippen LogP contribution is 2.38. The van der Waals surface area contributed by atoms with Crippen LogP contribution in [0.15, 0.2) is 54.6 Å². The van der Waals surface area contributed by atoms with Gasteiger partial charge in [-0.2, -0.15) is 0 Å². The van der Waals surface area contributed by atoms with Crippen molar-refractivity contribution in [3.05, 3.63) is 71.5 Å². The van der Waals surface area contributed by atoms with E-state index in [1.807, 2.05) is 0 Å². The van der Waals surface area contributed by atoms with Gasteiger partial charge in [-0.05, 0) is 17.7 Å². The van der Waals surface area contributed by atoms with Gasteiger partial charge in [0.1, 0.15) is 11.7 Å². The zero-order chi connectivity index (χ0) is 21.1. The van der Waals surface area contributed by atoms with Gasteiger partial charge in [0.15, 0.2) is 5.78 Å². The lowest BCUT2D eigenvalue weighted by Crippen LogP contribution is -2.42. The van der Waals surface area contributed by atoms with Crippen LogP contribution in [0.1, 0.15) is 22.0 Å². The summed E-state index contributed by atoms with van der Waals surface area (Å²) in [6.45, 7) is 3.56. The first kappa shape index (κ1) is 20.4. The summed E-state index contributed by atoms with van der Waals surface area (Å²) in [4.78, 5) is 42.6. The van der Waals surface area contributed by atoms with Crippen molar-refractivity contribution < 1.29 is 23.5 Å². The Morgan fingerprint density at radius 3 is 2.43 bits per heavy atom. The average Bonchev–Trinajstić information content (AvgIpc) is 3.03. The number of carbonyl (C=O) groups excluding carboxylic acids is 3. The molecule has 0 spiro atoms. The molecule has 2 aromatic carbocycles. The van der Waals surface area contributed by atoms with Gasteiger partial charge in [-0.25, -0.2) is 4.39 Å². The first-order valence-corrected chi connectivity index (χ1v) is 10.1. The molecule has 2 saturated heterocycles. The summed E-state index contributed by atoms with van der Waals surface area (Å²) in [5.41, 5.74) is 0.811. The number of ketones is 2. The fourth-order valence-electron chi connectivity index (χ4n) is 4.15. The van der Waals surface area contributed by atoms with E-state index in [9.17, 15) is 18.8 Å². The minimum atomic E-state index is -1.19. The molecule has 0 N–H and O–H groups in total. The van der Waals surface area contributed by atoms with Crippen molar-refractivity contribution in [1.82, 2.24) is 9.80 Å². The van der Waals surface area contributed by atoms with Crippen LogP contribution in [-0.4, -0.2) is 66.7 Å². The Bertz CT molecular complexity index is 943. The van der Waals surface area contributed by atoms with E-state index in [0.29, 0.717) is 30.9 Å². The van der Waals surface area contributed by atoms with Crippen LogP contribution in [0.5, 0.6) is 0 Å². The highest BCUT2D eigenvalue weighted by atomic mass is 19.1. The van der Waals surface area contributed by atoms with Crippen molar-refractivity contribution in [2.75, 3.05) is 39.4 Å². The molecular formula is C23H23FN2O4. The Balaban J connectivity index is 1.66. The maximum atomic E-state index is 14.0. The number of Topliss-reactive ketones (excluding diaryl/α,β-unsaturated/α-hetero) is 2. The molecule has 156 valence electrons. The largest absolute Gasteiger partial charge is 0.379 e. The third-order valence-corrected chi connectivity index (χ3v) is 5.70. The zero-order valence-electron chi connectivity index (χ0n) is 16.5. The molecule has 0 aliphatic carbocycles. The van der Waals surface area contributed by atoms with Gasteiger partial charge in [-0.1, -0.05) is 42.5 Å². The molecule has 0 radical (unpaired) electrons. The molecule has 7 heteroatoms. The van der Waals surface area contributed by atoms with E-state index in [0.717, 1.165) is 13.1 Å². The number of rotatable bonds is 6. The SMILES string of the molecule is O=C1C(=O)N(CCN2CCOCC2)C(c2cccc(F)c2)C1C(=O)c1ccccc1. The second kappa shape index (κ2) is 8.85. The standard InChI is InChI=1S/C23H23FN2O4/c24-18-8-4-7-17(15-18)20-19(21(27)16-5-2-1-3-6-16)22(28)23(29)26(20)10-9-25-11-13-30-14-12-25/h1-8,15,19-20H,9-14H2. The van der Waals surface area contributed by atoms with Gasteiger partial charge in [0, 0.05) is 31.7 Å². The zero-order valence-corrected chi connectivity index (χ0v) is 16.5. The van der Waals surface area contributed by atoms with Crippen LogP contribution in [0.25, 0.3) is 0 Å². The molecule has 0 bridgehead atoms. The van der Waals surface area contributed by atoms with Gasteiger partial charge in [0.05, 0.1) is 19.3 Å². The Morgan fingerprint density at radius 1 is 1.00 bits per heavy atom. The molecule has 2 heterocycles. The number of hydrogen-bond donors (Lipinski definition) is 0. The minimum Gasteiger partial charge on any atom is -0.379 e.